The number of benzene rings is 7. The van der Waals surface area contributed by atoms with Gasteiger partial charge in [0.1, 0.15) is 13.9 Å². The fraction of sp³-hybridized carbons (Fsp3) is 0.0385. The number of hydrogen-bond acceptors (Lipinski definition) is 5. The van der Waals surface area contributed by atoms with Gasteiger partial charge < -0.3 is 0 Å². The van der Waals surface area contributed by atoms with E-state index in [1.54, 1.807) is 0 Å². The molecular formula is C52H39N5Si. The summed E-state index contributed by atoms with van der Waals surface area (Å²) in [5.41, 5.74) is 11.5. The maximum absolute atomic E-state index is 5.45. The van der Waals surface area contributed by atoms with E-state index in [-0.39, 0.29) is 0 Å². The molecule has 1 aliphatic heterocycles. The van der Waals surface area contributed by atoms with Crippen molar-refractivity contribution in [3.63, 3.8) is 0 Å². The van der Waals surface area contributed by atoms with E-state index in [1.807, 2.05) is 66.9 Å². The normalized spacial score (nSPS) is 12.8. The van der Waals surface area contributed by atoms with E-state index in [2.05, 4.69) is 151 Å². The lowest BCUT2D eigenvalue weighted by Gasteiger charge is -2.40. The number of nitrogens with zero attached hydrogens (tertiary/aromatic N) is 5. The van der Waals surface area contributed by atoms with Crippen LogP contribution in [0.1, 0.15) is 0 Å². The largest absolute Gasteiger partial charge is 0.295 e. The Bertz CT molecular complexity index is 2750. The lowest BCUT2D eigenvalue weighted by molar-refractivity contribution is 1.06. The first kappa shape index (κ1) is 35.2. The lowest BCUT2D eigenvalue weighted by atomic mass is 9.93. The lowest BCUT2D eigenvalue weighted by Crippen LogP contribution is -2.58. The molecule has 9 aromatic rings. The Morgan fingerprint density at radius 2 is 0.741 bits per heavy atom. The molecule has 7 aromatic carbocycles. The highest BCUT2D eigenvalue weighted by Crippen LogP contribution is 2.43. The molecule has 0 saturated heterocycles. The molecule has 5 nitrogen and oxygen atoms in total. The molecule has 10 rings (SSSR count). The van der Waals surface area contributed by atoms with Crippen LogP contribution in [0, 0.1) is 0 Å². The van der Waals surface area contributed by atoms with Crippen molar-refractivity contribution < 1.29 is 0 Å². The molecule has 3 heterocycles. The number of pyridine rings is 1. The third-order valence-corrected chi connectivity index (χ3v) is 14.7. The molecule has 0 bridgehead atoms. The van der Waals surface area contributed by atoms with Crippen molar-refractivity contribution in [3.05, 3.63) is 200 Å². The zero-order valence-electron chi connectivity index (χ0n) is 32.3. The van der Waals surface area contributed by atoms with Crippen LogP contribution in [0.15, 0.2) is 200 Å². The maximum Gasteiger partial charge on any atom is 0.167 e. The monoisotopic (exact) mass is 761 g/mol. The molecule has 0 spiro atoms. The number of aromatic nitrogens is 4. The fourth-order valence-electron chi connectivity index (χ4n) is 8.17. The first-order chi connectivity index (χ1) is 28.5. The third kappa shape index (κ3) is 6.39. The van der Waals surface area contributed by atoms with E-state index < -0.39 is 8.07 Å². The van der Waals surface area contributed by atoms with E-state index in [9.17, 15) is 0 Å². The van der Waals surface area contributed by atoms with Crippen molar-refractivity contribution in [2.24, 2.45) is 0 Å². The third-order valence-electron chi connectivity index (χ3n) is 11.1. The van der Waals surface area contributed by atoms with Gasteiger partial charge in [-0.1, -0.05) is 171 Å². The fourth-order valence-corrected chi connectivity index (χ4v) is 11.2. The second-order valence-corrected chi connectivity index (χ2v) is 19.5. The maximum atomic E-state index is 5.45. The minimum atomic E-state index is -2.06. The number of rotatable bonds is 7. The average Bonchev–Trinajstić information content (AvgIpc) is 3.30. The molecule has 0 aliphatic carbocycles. The van der Waals surface area contributed by atoms with E-state index in [0.29, 0.717) is 17.5 Å². The molecule has 2 aromatic heterocycles. The summed E-state index contributed by atoms with van der Waals surface area (Å²) in [5, 5.41) is 2.72. The summed E-state index contributed by atoms with van der Waals surface area (Å²) in [6.07, 6.45) is 2.01. The summed E-state index contributed by atoms with van der Waals surface area (Å²) in [7, 11) is -2.06. The molecule has 0 atom stereocenters. The molecule has 58 heavy (non-hydrogen) atoms. The van der Waals surface area contributed by atoms with Gasteiger partial charge in [0, 0.05) is 34.3 Å². The van der Waals surface area contributed by atoms with Crippen LogP contribution in [-0.4, -0.2) is 28.0 Å². The number of hydrogen-bond donors (Lipinski definition) is 0. The molecule has 1 aliphatic rings. The smallest absolute Gasteiger partial charge is 0.167 e. The predicted octanol–water partition coefficient (Wildman–Crippen LogP) is 11.9. The second-order valence-electron chi connectivity index (χ2n) is 15.2. The molecule has 276 valence electrons. The Balaban J connectivity index is 1.26. The Hall–Kier alpha value is -7.28. The zero-order valence-corrected chi connectivity index (χ0v) is 33.3. The van der Waals surface area contributed by atoms with Gasteiger partial charge in [-0.15, -0.1) is 0 Å². The minimum Gasteiger partial charge on any atom is -0.295 e. The average molecular weight is 762 g/mol. The van der Waals surface area contributed by atoms with Gasteiger partial charge in [-0.05, 0) is 74.6 Å². The van der Waals surface area contributed by atoms with E-state index in [4.69, 9.17) is 19.9 Å². The van der Waals surface area contributed by atoms with Gasteiger partial charge in [0.25, 0.3) is 0 Å². The van der Waals surface area contributed by atoms with Gasteiger partial charge in [-0.2, -0.15) is 0 Å². The first-order valence-electron chi connectivity index (χ1n) is 19.6. The van der Waals surface area contributed by atoms with Crippen LogP contribution in [0.2, 0.25) is 13.1 Å². The zero-order chi connectivity index (χ0) is 39.1. The van der Waals surface area contributed by atoms with Crippen molar-refractivity contribution in [2.75, 3.05) is 4.90 Å². The summed E-state index contributed by atoms with van der Waals surface area (Å²) in [4.78, 5) is 23.4. The predicted molar refractivity (Wildman–Crippen MR) is 242 cm³/mol. The van der Waals surface area contributed by atoms with Gasteiger partial charge in [-0.3, -0.25) is 4.90 Å². The van der Waals surface area contributed by atoms with Crippen LogP contribution >= 0.6 is 0 Å². The van der Waals surface area contributed by atoms with Gasteiger partial charge in [0.05, 0.1) is 5.56 Å². The molecule has 0 amide bonds. The molecule has 0 unspecified atom stereocenters. The molecule has 6 heteroatoms. The Morgan fingerprint density at radius 3 is 1.21 bits per heavy atom. The first-order valence-corrected chi connectivity index (χ1v) is 22.6. The second kappa shape index (κ2) is 14.7. The van der Waals surface area contributed by atoms with Crippen molar-refractivity contribution in [1.29, 1.82) is 0 Å². The van der Waals surface area contributed by atoms with Crippen molar-refractivity contribution in [1.82, 2.24) is 19.9 Å². The topological polar surface area (TPSA) is 54.8 Å². The van der Waals surface area contributed by atoms with Gasteiger partial charge in [0.15, 0.2) is 17.5 Å². The highest BCUT2D eigenvalue weighted by molar-refractivity contribution is 7.02. The molecule has 0 radical (unpaired) electrons. The van der Waals surface area contributed by atoms with Crippen molar-refractivity contribution in [2.45, 2.75) is 13.1 Å². The van der Waals surface area contributed by atoms with Crippen LogP contribution in [0.5, 0.6) is 0 Å². The highest BCUT2D eigenvalue weighted by Gasteiger charge is 2.39. The van der Waals surface area contributed by atoms with Crippen molar-refractivity contribution >= 4 is 35.6 Å². The SMILES string of the molecule is C[Si]1(C)c2ccccc2N(c2ncc(-c3cc(-c4ccccc4)cc(-c4ccccc4)c3)cc2-c2nc(-c3ccccc3)nc(-c3ccccc3)n2)c2ccccc21. The van der Waals surface area contributed by atoms with Crippen LogP contribution in [0.3, 0.4) is 0 Å². The van der Waals surface area contributed by atoms with Crippen LogP contribution in [-0.2, 0) is 0 Å². The molecular weight excluding hydrogens is 723 g/mol. The Morgan fingerprint density at radius 1 is 0.362 bits per heavy atom. The summed E-state index contributed by atoms with van der Waals surface area (Å²) in [5.74, 6) is 2.52. The van der Waals surface area contributed by atoms with Crippen LogP contribution < -0.4 is 15.3 Å². The van der Waals surface area contributed by atoms with Crippen molar-refractivity contribution in [3.8, 4) is 67.5 Å². The van der Waals surface area contributed by atoms with Gasteiger partial charge in [-0.25, -0.2) is 19.9 Å². The highest BCUT2D eigenvalue weighted by atomic mass is 28.3. The Kier molecular flexibility index (Phi) is 8.88. The summed E-state index contributed by atoms with van der Waals surface area (Å²) in [6.45, 7) is 4.88. The number of anilines is 3. The molecule has 0 N–H and O–H groups in total. The summed E-state index contributed by atoms with van der Waals surface area (Å²) >= 11 is 0. The number of para-hydroxylation sites is 2. The molecule has 0 fully saturated rings. The van der Waals surface area contributed by atoms with E-state index in [1.165, 1.54) is 10.4 Å². The summed E-state index contributed by atoms with van der Waals surface area (Å²) < 4.78 is 0. The molecule has 0 saturated carbocycles. The summed E-state index contributed by atoms with van der Waals surface area (Å²) in [6, 6.07) is 68.1. The quantitative estimate of drug-likeness (QED) is 0.151. The van der Waals surface area contributed by atoms with Gasteiger partial charge in [0.2, 0.25) is 0 Å². The van der Waals surface area contributed by atoms with E-state index >= 15 is 0 Å². The number of fused-ring (bicyclic) bond motifs is 2. The van der Waals surface area contributed by atoms with Crippen LogP contribution in [0.4, 0.5) is 17.2 Å². The van der Waals surface area contributed by atoms with E-state index in [0.717, 1.165) is 67.3 Å². The Labute approximate surface area is 340 Å². The standard InChI is InChI=1S/C52H39N5Si/c1-58(2)47-29-17-15-27-45(47)57(46-28-16-18-30-48(46)58)52-44(51-55-49(38-23-11-5-12-24-38)54-50(56-51)39-25-13-6-14-26-39)34-43(35-53-52)42-32-40(36-19-7-3-8-20-36)31-41(33-42)37-21-9-4-10-22-37/h3-35H,1-2H3. The minimum absolute atomic E-state index is 0.552. The van der Waals surface area contributed by atoms with Crippen LogP contribution in [0.25, 0.3) is 67.5 Å². The van der Waals surface area contributed by atoms with Gasteiger partial charge >= 0.3 is 0 Å².